The van der Waals surface area contributed by atoms with E-state index >= 15 is 0 Å². The number of aliphatic hydroxyl groups is 1. The molecule has 0 amide bonds. The molecule has 0 aliphatic carbocycles. The Morgan fingerprint density at radius 1 is 1.38 bits per heavy atom. The topological polar surface area (TPSA) is 89.0 Å². The molecule has 0 bridgehead atoms. The normalized spacial score (nSPS) is 13.9. The molecule has 8 heteroatoms. The fourth-order valence-electron chi connectivity index (χ4n) is 2.66. The number of aryl methyl sites for hydroxylation is 1. The molecule has 4 aromatic heterocycles. The number of fused-ring (bicyclic) bond motifs is 1. The monoisotopic (exact) mass is 341 g/mol. The molecule has 2 N–H and O–H groups in total. The zero-order valence-corrected chi connectivity index (χ0v) is 13.7. The maximum atomic E-state index is 11.3. The molecule has 0 saturated carbocycles. The van der Waals surface area contributed by atoms with E-state index in [2.05, 4.69) is 20.4 Å². The largest absolute Gasteiger partial charge is 0.472 e. The SMILES string of the molecule is Cn1ncc2c(NCC(O)(c3ccoc3)c3cccs3)ncnc21. The van der Waals surface area contributed by atoms with Crippen molar-refractivity contribution in [3.05, 3.63) is 59.1 Å². The van der Waals surface area contributed by atoms with E-state index in [1.54, 1.807) is 29.5 Å². The summed E-state index contributed by atoms with van der Waals surface area (Å²) in [6, 6.07) is 5.58. The molecule has 1 atom stereocenters. The highest BCUT2D eigenvalue weighted by molar-refractivity contribution is 7.10. The minimum absolute atomic E-state index is 0.244. The lowest BCUT2D eigenvalue weighted by Gasteiger charge is -2.26. The van der Waals surface area contributed by atoms with Crippen LogP contribution in [-0.4, -0.2) is 31.4 Å². The first-order chi connectivity index (χ1) is 11.7. The Morgan fingerprint density at radius 2 is 2.29 bits per heavy atom. The van der Waals surface area contributed by atoms with Crippen LogP contribution < -0.4 is 5.32 Å². The van der Waals surface area contributed by atoms with Crippen molar-refractivity contribution in [1.82, 2.24) is 19.7 Å². The molecule has 122 valence electrons. The van der Waals surface area contributed by atoms with Crippen molar-refractivity contribution in [2.75, 3.05) is 11.9 Å². The number of anilines is 1. The Hall–Kier alpha value is -2.71. The van der Waals surface area contributed by atoms with E-state index in [9.17, 15) is 5.11 Å². The van der Waals surface area contributed by atoms with E-state index in [-0.39, 0.29) is 6.54 Å². The van der Waals surface area contributed by atoms with Gasteiger partial charge in [-0.05, 0) is 17.5 Å². The second-order valence-corrected chi connectivity index (χ2v) is 6.38. The van der Waals surface area contributed by atoms with Gasteiger partial charge in [-0.15, -0.1) is 11.3 Å². The Bertz CT molecular complexity index is 912. The molecular weight excluding hydrogens is 326 g/mol. The third-order valence-electron chi connectivity index (χ3n) is 3.97. The predicted octanol–water partition coefficient (Wildman–Crippen LogP) is 2.37. The molecule has 24 heavy (non-hydrogen) atoms. The molecule has 4 aromatic rings. The van der Waals surface area contributed by atoms with Gasteiger partial charge in [0.05, 0.1) is 30.7 Å². The summed E-state index contributed by atoms with van der Waals surface area (Å²) >= 11 is 1.49. The van der Waals surface area contributed by atoms with Crippen molar-refractivity contribution in [3.8, 4) is 0 Å². The van der Waals surface area contributed by atoms with Crippen molar-refractivity contribution in [1.29, 1.82) is 0 Å². The number of rotatable bonds is 5. The van der Waals surface area contributed by atoms with E-state index in [0.717, 1.165) is 15.9 Å². The van der Waals surface area contributed by atoms with Gasteiger partial charge in [-0.3, -0.25) is 4.68 Å². The van der Waals surface area contributed by atoms with Crippen LogP contribution in [0.1, 0.15) is 10.4 Å². The Labute approximate surface area is 141 Å². The van der Waals surface area contributed by atoms with Gasteiger partial charge in [0.2, 0.25) is 0 Å². The van der Waals surface area contributed by atoms with Crippen LogP contribution in [0.15, 0.2) is 53.0 Å². The van der Waals surface area contributed by atoms with Crippen LogP contribution in [0.3, 0.4) is 0 Å². The van der Waals surface area contributed by atoms with Gasteiger partial charge in [0.25, 0.3) is 0 Å². The smallest absolute Gasteiger partial charge is 0.163 e. The lowest BCUT2D eigenvalue weighted by atomic mass is 9.94. The second kappa shape index (κ2) is 5.73. The van der Waals surface area contributed by atoms with Gasteiger partial charge >= 0.3 is 0 Å². The molecular formula is C16H15N5O2S. The van der Waals surface area contributed by atoms with Gasteiger partial charge < -0.3 is 14.8 Å². The average Bonchev–Trinajstić information content (AvgIpc) is 3.34. The standard InChI is InChI=1S/C16H15N5O2S/c1-21-15-12(7-20-21)14(18-10-19-15)17-9-16(22,11-4-5-23-8-11)13-3-2-6-24-13/h2-8,10,22H,9H2,1H3,(H,17,18,19). The van der Waals surface area contributed by atoms with E-state index in [4.69, 9.17) is 4.42 Å². The number of aromatic nitrogens is 4. The molecule has 0 aliphatic heterocycles. The lowest BCUT2D eigenvalue weighted by Crippen LogP contribution is -2.34. The highest BCUT2D eigenvalue weighted by Crippen LogP contribution is 2.33. The fourth-order valence-corrected chi connectivity index (χ4v) is 3.51. The van der Waals surface area contributed by atoms with Gasteiger partial charge in [0.1, 0.15) is 17.7 Å². The van der Waals surface area contributed by atoms with E-state index in [0.29, 0.717) is 11.4 Å². The highest BCUT2D eigenvalue weighted by atomic mass is 32.1. The summed E-state index contributed by atoms with van der Waals surface area (Å²) in [4.78, 5) is 9.33. The zero-order valence-electron chi connectivity index (χ0n) is 12.9. The van der Waals surface area contributed by atoms with E-state index in [1.807, 2.05) is 24.6 Å². The van der Waals surface area contributed by atoms with Gasteiger partial charge in [0.15, 0.2) is 5.65 Å². The first-order valence-corrected chi connectivity index (χ1v) is 8.22. The summed E-state index contributed by atoms with van der Waals surface area (Å²) in [5, 5.41) is 21.5. The number of furan rings is 1. The van der Waals surface area contributed by atoms with Gasteiger partial charge in [-0.25, -0.2) is 9.97 Å². The highest BCUT2D eigenvalue weighted by Gasteiger charge is 2.34. The number of hydrogen-bond acceptors (Lipinski definition) is 7. The van der Waals surface area contributed by atoms with Crippen molar-refractivity contribution >= 4 is 28.2 Å². The number of hydrogen-bond donors (Lipinski definition) is 2. The minimum Gasteiger partial charge on any atom is -0.472 e. The molecule has 0 fully saturated rings. The molecule has 0 radical (unpaired) electrons. The summed E-state index contributed by atoms with van der Waals surface area (Å²) in [5.74, 6) is 0.631. The quantitative estimate of drug-likeness (QED) is 0.579. The molecule has 4 heterocycles. The predicted molar refractivity (Wildman–Crippen MR) is 90.8 cm³/mol. The maximum Gasteiger partial charge on any atom is 0.163 e. The molecule has 1 unspecified atom stereocenters. The Morgan fingerprint density at radius 3 is 3.04 bits per heavy atom. The summed E-state index contributed by atoms with van der Waals surface area (Å²) in [6.07, 6.45) is 6.30. The molecule has 0 aliphatic rings. The van der Waals surface area contributed by atoms with Gasteiger partial charge in [-0.2, -0.15) is 5.10 Å². The molecule has 0 saturated heterocycles. The van der Waals surface area contributed by atoms with E-state index < -0.39 is 5.60 Å². The summed E-state index contributed by atoms with van der Waals surface area (Å²) < 4.78 is 6.85. The average molecular weight is 341 g/mol. The number of nitrogens with one attached hydrogen (secondary N) is 1. The van der Waals surface area contributed by atoms with Crippen LogP contribution in [-0.2, 0) is 12.6 Å². The van der Waals surface area contributed by atoms with E-state index in [1.165, 1.54) is 17.7 Å². The zero-order chi connectivity index (χ0) is 16.6. The van der Waals surface area contributed by atoms with Crippen LogP contribution in [0.25, 0.3) is 11.0 Å². The van der Waals surface area contributed by atoms with Crippen LogP contribution >= 0.6 is 11.3 Å². The van der Waals surface area contributed by atoms with Crippen LogP contribution in [0.4, 0.5) is 5.82 Å². The minimum atomic E-state index is -1.21. The summed E-state index contributed by atoms with van der Waals surface area (Å²) in [7, 11) is 1.83. The lowest BCUT2D eigenvalue weighted by molar-refractivity contribution is 0.0981. The van der Waals surface area contributed by atoms with Crippen molar-refractivity contribution in [3.63, 3.8) is 0 Å². The van der Waals surface area contributed by atoms with Gasteiger partial charge in [0, 0.05) is 17.5 Å². The molecule has 0 spiro atoms. The van der Waals surface area contributed by atoms with Crippen molar-refractivity contribution in [2.45, 2.75) is 5.60 Å². The third-order valence-corrected chi connectivity index (χ3v) is 4.99. The van der Waals surface area contributed by atoms with Crippen molar-refractivity contribution < 1.29 is 9.52 Å². The summed E-state index contributed by atoms with van der Waals surface area (Å²) in [5.41, 5.74) is 0.213. The number of nitrogens with zero attached hydrogens (tertiary/aromatic N) is 4. The third kappa shape index (κ3) is 2.36. The van der Waals surface area contributed by atoms with Crippen LogP contribution in [0.5, 0.6) is 0 Å². The second-order valence-electron chi connectivity index (χ2n) is 5.43. The Kier molecular flexibility index (Phi) is 3.55. The van der Waals surface area contributed by atoms with Crippen molar-refractivity contribution in [2.24, 2.45) is 7.05 Å². The van der Waals surface area contributed by atoms with Crippen LogP contribution in [0.2, 0.25) is 0 Å². The maximum absolute atomic E-state index is 11.3. The summed E-state index contributed by atoms with van der Waals surface area (Å²) in [6.45, 7) is 0.244. The van der Waals surface area contributed by atoms with Gasteiger partial charge in [-0.1, -0.05) is 6.07 Å². The first kappa shape index (κ1) is 14.9. The molecule has 4 rings (SSSR count). The number of thiophene rings is 1. The molecule has 7 nitrogen and oxygen atoms in total. The Balaban J connectivity index is 1.69. The fraction of sp³-hybridized carbons (Fsp3) is 0.188. The first-order valence-electron chi connectivity index (χ1n) is 7.34. The molecule has 0 aromatic carbocycles. The van der Waals surface area contributed by atoms with Crippen LogP contribution in [0, 0.1) is 0 Å².